The zero-order valence-electron chi connectivity index (χ0n) is 10.9. The fraction of sp³-hybridized carbons (Fsp3) is 0.0667. The van der Waals surface area contributed by atoms with Gasteiger partial charge in [-0.2, -0.15) is 5.10 Å². The molecule has 0 bridgehead atoms. The lowest BCUT2D eigenvalue weighted by Gasteiger charge is -2.08. The van der Waals surface area contributed by atoms with E-state index < -0.39 is 0 Å². The van der Waals surface area contributed by atoms with Crippen LogP contribution in [0.3, 0.4) is 0 Å². The van der Waals surface area contributed by atoms with Gasteiger partial charge in [0.2, 0.25) is 0 Å². The average Bonchev–Trinajstić information content (AvgIpc) is 2.80. The summed E-state index contributed by atoms with van der Waals surface area (Å²) in [6.07, 6.45) is 1.75. The molecule has 3 aromatic rings. The predicted octanol–water partition coefficient (Wildman–Crippen LogP) is 3.99. The van der Waals surface area contributed by atoms with Crippen molar-refractivity contribution in [3.63, 3.8) is 0 Å². The molecule has 4 nitrogen and oxygen atoms in total. The number of aromatic nitrogens is 3. The van der Waals surface area contributed by atoms with Crippen LogP contribution in [0.4, 0.5) is 11.6 Å². The van der Waals surface area contributed by atoms with E-state index in [4.69, 9.17) is 0 Å². The van der Waals surface area contributed by atoms with Gasteiger partial charge in [0.15, 0.2) is 0 Å². The molecular formula is C15H13BrN4. The van der Waals surface area contributed by atoms with Crippen molar-refractivity contribution in [2.24, 2.45) is 7.05 Å². The van der Waals surface area contributed by atoms with Gasteiger partial charge in [-0.25, -0.2) is 4.98 Å². The summed E-state index contributed by atoms with van der Waals surface area (Å²) in [4.78, 5) is 4.63. The molecule has 0 aliphatic rings. The van der Waals surface area contributed by atoms with Crippen molar-refractivity contribution in [3.05, 3.63) is 59.2 Å². The molecule has 0 saturated heterocycles. The first kappa shape index (κ1) is 12.9. The van der Waals surface area contributed by atoms with Crippen molar-refractivity contribution in [1.29, 1.82) is 0 Å². The molecule has 0 aliphatic heterocycles. The fourth-order valence-electron chi connectivity index (χ4n) is 1.95. The number of anilines is 2. The number of nitrogens with zero attached hydrogens (tertiary/aromatic N) is 3. The molecule has 20 heavy (non-hydrogen) atoms. The quantitative estimate of drug-likeness (QED) is 0.790. The van der Waals surface area contributed by atoms with Crippen LogP contribution in [0.2, 0.25) is 0 Å². The van der Waals surface area contributed by atoms with Gasteiger partial charge in [-0.15, -0.1) is 0 Å². The smallest absolute Gasteiger partial charge is 0.143 e. The first-order valence-corrected chi connectivity index (χ1v) is 7.00. The lowest BCUT2D eigenvalue weighted by molar-refractivity contribution is 0.776. The van der Waals surface area contributed by atoms with Crippen molar-refractivity contribution >= 4 is 27.6 Å². The van der Waals surface area contributed by atoms with Crippen LogP contribution in [-0.2, 0) is 7.05 Å². The van der Waals surface area contributed by atoms with Crippen LogP contribution >= 0.6 is 15.9 Å². The molecule has 2 heterocycles. The Balaban J connectivity index is 1.93. The average molecular weight is 329 g/mol. The highest BCUT2D eigenvalue weighted by molar-refractivity contribution is 9.10. The zero-order valence-corrected chi connectivity index (χ0v) is 12.5. The highest BCUT2D eigenvalue weighted by atomic mass is 79.9. The van der Waals surface area contributed by atoms with Gasteiger partial charge in [-0.1, -0.05) is 36.4 Å². The summed E-state index contributed by atoms with van der Waals surface area (Å²) in [6.45, 7) is 0. The number of halogens is 1. The van der Waals surface area contributed by atoms with Gasteiger partial charge in [-0.3, -0.25) is 4.68 Å². The largest absolute Gasteiger partial charge is 0.324 e. The van der Waals surface area contributed by atoms with E-state index in [0.717, 1.165) is 27.4 Å². The van der Waals surface area contributed by atoms with E-state index in [2.05, 4.69) is 31.3 Å². The number of hydrogen-bond donors (Lipinski definition) is 1. The van der Waals surface area contributed by atoms with Crippen molar-refractivity contribution < 1.29 is 0 Å². The van der Waals surface area contributed by atoms with Gasteiger partial charge in [0.1, 0.15) is 11.6 Å². The van der Waals surface area contributed by atoms with E-state index in [0.29, 0.717) is 0 Å². The van der Waals surface area contributed by atoms with Gasteiger partial charge < -0.3 is 5.32 Å². The van der Waals surface area contributed by atoms with E-state index in [1.54, 1.807) is 10.9 Å². The predicted molar refractivity (Wildman–Crippen MR) is 83.9 cm³/mol. The van der Waals surface area contributed by atoms with Gasteiger partial charge >= 0.3 is 0 Å². The summed E-state index contributed by atoms with van der Waals surface area (Å²) >= 11 is 3.46. The summed E-state index contributed by atoms with van der Waals surface area (Å²) in [5.74, 6) is 1.67. The molecule has 5 heteroatoms. The van der Waals surface area contributed by atoms with Crippen LogP contribution in [0.1, 0.15) is 0 Å². The molecule has 3 rings (SSSR count). The third-order valence-electron chi connectivity index (χ3n) is 2.96. The summed E-state index contributed by atoms with van der Waals surface area (Å²) in [5, 5.41) is 7.45. The topological polar surface area (TPSA) is 42.7 Å². The SMILES string of the molecule is Cn1ncc(Br)c1Nc1cccc(-c2ccccc2)n1. The molecule has 0 radical (unpaired) electrons. The molecule has 0 aliphatic carbocycles. The van der Waals surface area contributed by atoms with Gasteiger partial charge in [-0.05, 0) is 28.1 Å². The molecule has 0 saturated carbocycles. The molecule has 1 N–H and O–H groups in total. The number of nitrogens with one attached hydrogen (secondary N) is 1. The number of benzene rings is 1. The summed E-state index contributed by atoms with van der Waals surface area (Å²) in [6, 6.07) is 16.0. The van der Waals surface area contributed by atoms with E-state index in [1.807, 2.05) is 55.6 Å². The Morgan fingerprint density at radius 1 is 1.05 bits per heavy atom. The Bertz CT molecular complexity index is 702. The first-order valence-electron chi connectivity index (χ1n) is 6.21. The number of pyridine rings is 1. The molecule has 0 spiro atoms. The summed E-state index contributed by atoms with van der Waals surface area (Å²) in [5.41, 5.74) is 2.04. The molecule has 0 amide bonds. The second-order valence-electron chi connectivity index (χ2n) is 4.36. The summed E-state index contributed by atoms with van der Waals surface area (Å²) < 4.78 is 2.67. The molecule has 0 unspecified atom stereocenters. The monoisotopic (exact) mass is 328 g/mol. The Morgan fingerprint density at radius 3 is 2.55 bits per heavy atom. The van der Waals surface area contributed by atoms with Crippen LogP contribution in [0.5, 0.6) is 0 Å². The van der Waals surface area contributed by atoms with E-state index >= 15 is 0 Å². The van der Waals surface area contributed by atoms with Gasteiger partial charge in [0.25, 0.3) is 0 Å². The molecular weight excluding hydrogens is 316 g/mol. The minimum absolute atomic E-state index is 0.788. The van der Waals surface area contributed by atoms with Crippen molar-refractivity contribution in [2.75, 3.05) is 5.32 Å². The lowest BCUT2D eigenvalue weighted by atomic mass is 10.1. The lowest BCUT2D eigenvalue weighted by Crippen LogP contribution is -2.01. The number of hydrogen-bond acceptors (Lipinski definition) is 3. The number of rotatable bonds is 3. The van der Waals surface area contributed by atoms with E-state index in [-0.39, 0.29) is 0 Å². The second kappa shape index (κ2) is 5.46. The normalized spacial score (nSPS) is 10.5. The molecule has 0 atom stereocenters. The Kier molecular flexibility index (Phi) is 3.52. The molecule has 100 valence electrons. The zero-order chi connectivity index (χ0) is 13.9. The maximum absolute atomic E-state index is 4.63. The van der Waals surface area contributed by atoms with Crippen molar-refractivity contribution in [3.8, 4) is 11.3 Å². The molecule has 0 fully saturated rings. The van der Waals surface area contributed by atoms with Crippen LogP contribution in [-0.4, -0.2) is 14.8 Å². The highest BCUT2D eigenvalue weighted by Crippen LogP contribution is 2.25. The first-order chi connectivity index (χ1) is 9.74. The second-order valence-corrected chi connectivity index (χ2v) is 5.22. The Morgan fingerprint density at radius 2 is 1.85 bits per heavy atom. The third kappa shape index (κ3) is 2.58. The van der Waals surface area contributed by atoms with Crippen molar-refractivity contribution in [2.45, 2.75) is 0 Å². The van der Waals surface area contributed by atoms with Gasteiger partial charge in [0.05, 0.1) is 16.4 Å². The standard InChI is InChI=1S/C15H13BrN4/c1-20-15(12(16)10-17-20)19-14-9-5-8-13(18-14)11-6-3-2-4-7-11/h2-10H,1H3,(H,18,19). The van der Waals surface area contributed by atoms with Crippen LogP contribution < -0.4 is 5.32 Å². The summed E-state index contributed by atoms with van der Waals surface area (Å²) in [7, 11) is 1.88. The van der Waals surface area contributed by atoms with E-state index in [1.165, 1.54) is 0 Å². The maximum atomic E-state index is 4.63. The maximum Gasteiger partial charge on any atom is 0.143 e. The highest BCUT2D eigenvalue weighted by Gasteiger charge is 2.07. The number of aryl methyl sites for hydroxylation is 1. The Labute approximate surface area is 125 Å². The molecule has 1 aromatic carbocycles. The fourth-order valence-corrected chi connectivity index (χ4v) is 2.39. The minimum atomic E-state index is 0.788. The van der Waals surface area contributed by atoms with Crippen LogP contribution in [0.15, 0.2) is 59.2 Å². The van der Waals surface area contributed by atoms with Crippen LogP contribution in [0.25, 0.3) is 11.3 Å². The van der Waals surface area contributed by atoms with Gasteiger partial charge in [0, 0.05) is 12.6 Å². The van der Waals surface area contributed by atoms with Crippen molar-refractivity contribution in [1.82, 2.24) is 14.8 Å². The minimum Gasteiger partial charge on any atom is -0.324 e. The Hall–Kier alpha value is -2.14. The third-order valence-corrected chi connectivity index (χ3v) is 3.54. The van der Waals surface area contributed by atoms with E-state index in [9.17, 15) is 0 Å². The molecule has 2 aromatic heterocycles. The van der Waals surface area contributed by atoms with Crippen LogP contribution in [0, 0.1) is 0 Å².